The molecule has 1 atom stereocenters. The average molecular weight is 268 g/mol. The van der Waals surface area contributed by atoms with Gasteiger partial charge in [-0.3, -0.25) is 9.69 Å². The van der Waals surface area contributed by atoms with Crippen molar-refractivity contribution >= 4 is 5.91 Å². The first-order valence-corrected chi connectivity index (χ1v) is 6.46. The van der Waals surface area contributed by atoms with E-state index >= 15 is 0 Å². The zero-order valence-electron chi connectivity index (χ0n) is 11.4. The first-order chi connectivity index (χ1) is 8.95. The minimum Gasteiger partial charge on any atom is -0.508 e. The van der Waals surface area contributed by atoms with Crippen LogP contribution >= 0.6 is 0 Å². The predicted molar refractivity (Wildman–Crippen MR) is 72.2 cm³/mol. The Labute approximate surface area is 113 Å². The molecule has 1 aromatic carbocycles. The third-order valence-electron chi connectivity index (χ3n) is 3.15. The normalized spacial score (nSPS) is 12.6. The zero-order chi connectivity index (χ0) is 14.4. The minimum absolute atomic E-state index is 0.0986. The van der Waals surface area contributed by atoms with Crippen molar-refractivity contribution in [3.8, 4) is 5.75 Å². The number of primary amides is 1. The standard InChI is InChI=1S/C14H21FN2O2/c1-3-4-7-17(9-14(16)19)10(2)12-6-5-11(15)8-13(12)18/h5-6,8,10,18H,3-4,7,9H2,1-2H3,(H2,16,19). The van der Waals surface area contributed by atoms with Gasteiger partial charge in [0.05, 0.1) is 6.54 Å². The minimum atomic E-state index is -0.483. The summed E-state index contributed by atoms with van der Waals surface area (Å²) in [5.41, 5.74) is 5.84. The summed E-state index contributed by atoms with van der Waals surface area (Å²) in [6, 6.07) is 3.72. The molecule has 1 amide bonds. The molecule has 0 fully saturated rings. The van der Waals surface area contributed by atoms with Crippen LogP contribution < -0.4 is 5.73 Å². The van der Waals surface area contributed by atoms with Gasteiger partial charge in [-0.25, -0.2) is 4.39 Å². The number of benzene rings is 1. The Bertz CT molecular complexity index is 437. The molecule has 1 aromatic rings. The number of nitrogens with zero attached hydrogens (tertiary/aromatic N) is 1. The Kier molecular flexibility index (Phi) is 5.76. The molecule has 0 bridgehead atoms. The third kappa shape index (κ3) is 4.52. The summed E-state index contributed by atoms with van der Waals surface area (Å²) in [4.78, 5) is 13.0. The van der Waals surface area contributed by atoms with Crippen LogP contribution in [0.3, 0.4) is 0 Å². The number of amides is 1. The summed E-state index contributed by atoms with van der Waals surface area (Å²) in [7, 11) is 0. The van der Waals surface area contributed by atoms with Gasteiger partial charge in [-0.1, -0.05) is 19.4 Å². The first kappa shape index (κ1) is 15.4. The number of unbranched alkanes of at least 4 members (excludes halogenated alkanes) is 1. The molecule has 0 aromatic heterocycles. The molecule has 106 valence electrons. The lowest BCUT2D eigenvalue weighted by atomic mass is 10.0. The molecule has 0 saturated carbocycles. The second-order valence-electron chi connectivity index (χ2n) is 4.67. The number of phenols is 1. The molecular formula is C14H21FN2O2. The maximum absolute atomic E-state index is 13.0. The number of hydrogen-bond donors (Lipinski definition) is 2. The van der Waals surface area contributed by atoms with Crippen molar-refractivity contribution < 1.29 is 14.3 Å². The fourth-order valence-electron chi connectivity index (χ4n) is 2.04. The summed E-state index contributed by atoms with van der Waals surface area (Å²) in [6.07, 6.45) is 1.93. The summed E-state index contributed by atoms with van der Waals surface area (Å²) < 4.78 is 13.0. The van der Waals surface area contributed by atoms with Gasteiger partial charge in [-0.2, -0.15) is 0 Å². The molecule has 0 aliphatic rings. The van der Waals surface area contributed by atoms with E-state index in [0.29, 0.717) is 12.1 Å². The van der Waals surface area contributed by atoms with Gasteiger partial charge in [0.25, 0.3) is 0 Å². The molecule has 0 heterocycles. The quantitative estimate of drug-likeness (QED) is 0.796. The maximum Gasteiger partial charge on any atom is 0.231 e. The number of rotatable bonds is 7. The van der Waals surface area contributed by atoms with Gasteiger partial charge in [0.2, 0.25) is 5.91 Å². The largest absolute Gasteiger partial charge is 0.508 e. The topological polar surface area (TPSA) is 66.6 Å². The second kappa shape index (κ2) is 7.09. The smallest absolute Gasteiger partial charge is 0.231 e. The van der Waals surface area contributed by atoms with Crippen molar-refractivity contribution in [1.82, 2.24) is 4.90 Å². The molecule has 0 spiro atoms. The van der Waals surface area contributed by atoms with Crippen LogP contribution in [0, 0.1) is 5.82 Å². The third-order valence-corrected chi connectivity index (χ3v) is 3.15. The van der Waals surface area contributed by atoms with Crippen LogP contribution in [0.25, 0.3) is 0 Å². The fraction of sp³-hybridized carbons (Fsp3) is 0.500. The predicted octanol–water partition coefficient (Wildman–Crippen LogP) is 2.18. The summed E-state index contributed by atoms with van der Waals surface area (Å²) in [5, 5.41) is 9.79. The highest BCUT2D eigenvalue weighted by Crippen LogP contribution is 2.29. The maximum atomic E-state index is 13.0. The van der Waals surface area contributed by atoms with Crippen molar-refractivity contribution in [3.63, 3.8) is 0 Å². The van der Waals surface area contributed by atoms with Crippen LogP contribution in [0.5, 0.6) is 5.75 Å². The van der Waals surface area contributed by atoms with Gasteiger partial charge >= 0.3 is 0 Å². The molecule has 0 aliphatic carbocycles. The molecule has 4 nitrogen and oxygen atoms in total. The zero-order valence-corrected chi connectivity index (χ0v) is 11.4. The first-order valence-electron chi connectivity index (χ1n) is 6.46. The van der Waals surface area contributed by atoms with E-state index in [-0.39, 0.29) is 18.3 Å². The van der Waals surface area contributed by atoms with Gasteiger partial charge in [0.15, 0.2) is 0 Å². The van der Waals surface area contributed by atoms with E-state index in [1.165, 1.54) is 12.1 Å². The Hall–Kier alpha value is -1.62. The Morgan fingerprint density at radius 2 is 2.21 bits per heavy atom. The fourth-order valence-corrected chi connectivity index (χ4v) is 2.04. The number of phenolic OH excluding ortho intramolecular Hbond substituents is 1. The molecule has 5 heteroatoms. The molecule has 1 unspecified atom stereocenters. The van der Waals surface area contributed by atoms with Crippen molar-refractivity contribution in [1.29, 1.82) is 0 Å². The van der Waals surface area contributed by atoms with E-state index in [4.69, 9.17) is 5.73 Å². The lowest BCUT2D eigenvalue weighted by molar-refractivity contribution is -0.119. The number of halogens is 1. The average Bonchev–Trinajstić information content (AvgIpc) is 2.33. The second-order valence-corrected chi connectivity index (χ2v) is 4.67. The van der Waals surface area contributed by atoms with Crippen molar-refractivity contribution in [2.24, 2.45) is 5.73 Å². The highest BCUT2D eigenvalue weighted by atomic mass is 19.1. The van der Waals surface area contributed by atoms with Crippen LogP contribution in [0.1, 0.15) is 38.3 Å². The summed E-state index contributed by atoms with van der Waals surface area (Å²) in [5.74, 6) is -0.994. The van der Waals surface area contributed by atoms with Gasteiger partial charge < -0.3 is 10.8 Å². The summed E-state index contributed by atoms with van der Waals surface area (Å²) in [6.45, 7) is 4.75. The monoisotopic (exact) mass is 268 g/mol. The van der Waals surface area contributed by atoms with Gasteiger partial charge in [-0.05, 0) is 26.0 Å². The number of carbonyl (C=O) groups is 1. The molecule has 0 saturated heterocycles. The Morgan fingerprint density at radius 1 is 1.53 bits per heavy atom. The van der Waals surface area contributed by atoms with E-state index in [9.17, 15) is 14.3 Å². The summed E-state index contributed by atoms with van der Waals surface area (Å²) >= 11 is 0. The molecule has 3 N–H and O–H groups in total. The van der Waals surface area contributed by atoms with Crippen molar-refractivity contribution in [3.05, 3.63) is 29.6 Å². The molecule has 19 heavy (non-hydrogen) atoms. The van der Waals surface area contributed by atoms with Crippen LogP contribution in [0.4, 0.5) is 4.39 Å². The number of hydrogen-bond acceptors (Lipinski definition) is 3. The molecule has 1 rings (SSSR count). The van der Waals surface area contributed by atoms with Crippen molar-refractivity contribution in [2.75, 3.05) is 13.1 Å². The van der Waals surface area contributed by atoms with Crippen molar-refractivity contribution in [2.45, 2.75) is 32.7 Å². The van der Waals surface area contributed by atoms with Crippen LogP contribution in [0.15, 0.2) is 18.2 Å². The van der Waals surface area contributed by atoms with E-state index < -0.39 is 11.7 Å². The van der Waals surface area contributed by atoms with E-state index in [1.54, 1.807) is 0 Å². The number of nitrogens with two attached hydrogens (primary N) is 1. The van der Waals surface area contributed by atoms with Gasteiger partial charge in [0, 0.05) is 17.7 Å². The lowest BCUT2D eigenvalue weighted by Crippen LogP contribution is -2.36. The molecule has 0 radical (unpaired) electrons. The number of carbonyl (C=O) groups excluding carboxylic acids is 1. The highest BCUT2D eigenvalue weighted by Gasteiger charge is 2.20. The highest BCUT2D eigenvalue weighted by molar-refractivity contribution is 5.76. The number of aromatic hydroxyl groups is 1. The van der Waals surface area contributed by atoms with Gasteiger partial charge in [0.1, 0.15) is 11.6 Å². The van der Waals surface area contributed by atoms with E-state index in [1.807, 2.05) is 11.8 Å². The van der Waals surface area contributed by atoms with E-state index in [0.717, 1.165) is 18.9 Å². The lowest BCUT2D eigenvalue weighted by Gasteiger charge is -2.28. The van der Waals surface area contributed by atoms with Crippen LogP contribution in [0.2, 0.25) is 0 Å². The van der Waals surface area contributed by atoms with Crippen LogP contribution in [-0.2, 0) is 4.79 Å². The van der Waals surface area contributed by atoms with Gasteiger partial charge in [-0.15, -0.1) is 0 Å². The molecule has 0 aliphatic heterocycles. The van der Waals surface area contributed by atoms with E-state index in [2.05, 4.69) is 6.92 Å². The Morgan fingerprint density at radius 3 is 2.74 bits per heavy atom. The molecular weight excluding hydrogens is 247 g/mol. The SMILES string of the molecule is CCCCN(CC(N)=O)C(C)c1ccc(F)cc1O. The Balaban J connectivity index is 2.90. The van der Waals surface area contributed by atoms with Crippen LogP contribution in [-0.4, -0.2) is 29.0 Å².